The first kappa shape index (κ1) is 15.9. The third-order valence-electron chi connectivity index (χ3n) is 3.55. The maximum absolute atomic E-state index is 4.43. The monoisotopic (exact) mass is 237 g/mol. The number of nitrogens with zero attached hydrogens (tertiary/aromatic N) is 1. The van der Waals surface area contributed by atoms with E-state index in [2.05, 4.69) is 50.2 Å². The van der Waals surface area contributed by atoms with E-state index in [1.54, 1.807) is 0 Å². The molecule has 17 heavy (non-hydrogen) atoms. The van der Waals surface area contributed by atoms with Crippen LogP contribution in [0, 0.1) is 0 Å². The second-order valence-electron chi connectivity index (χ2n) is 4.39. The van der Waals surface area contributed by atoms with Crippen molar-refractivity contribution in [3.05, 3.63) is 22.4 Å². The van der Waals surface area contributed by atoms with Crippen LogP contribution in [0.15, 0.2) is 27.4 Å². The molecule has 2 N–H and O–H groups in total. The fourth-order valence-electron chi connectivity index (χ4n) is 1.71. The summed E-state index contributed by atoms with van der Waals surface area (Å²) in [6.45, 7) is 10.6. The van der Waals surface area contributed by atoms with E-state index in [-0.39, 0.29) is 0 Å². The maximum atomic E-state index is 4.43. The van der Waals surface area contributed by atoms with Crippen molar-refractivity contribution >= 4 is 5.71 Å². The first-order valence-electron chi connectivity index (χ1n) is 6.08. The summed E-state index contributed by atoms with van der Waals surface area (Å²) < 4.78 is 0. The lowest BCUT2D eigenvalue weighted by molar-refractivity contribution is 0.688. The predicted octanol–water partition coefficient (Wildman–Crippen LogP) is 2.51. The third kappa shape index (κ3) is 4.00. The molecule has 0 heterocycles. The lowest BCUT2D eigenvalue weighted by Gasteiger charge is -2.18. The molecule has 1 unspecified atom stereocenters. The largest absolute Gasteiger partial charge is 0.391 e. The number of likely N-dealkylation sites (N-methyl/N-ethyl adjacent to an activating group) is 1. The standard InChI is InChI=1S/C14H27N3/c1-9(12(4)15-6)10(2)14(17-8)11(3)13(5)16-7/h12,15-16H,1-8H3/b10-9+,13-11?,17-14?. The molecule has 3 nitrogen and oxygen atoms in total. The Morgan fingerprint density at radius 3 is 1.88 bits per heavy atom. The van der Waals surface area contributed by atoms with Crippen molar-refractivity contribution in [1.29, 1.82) is 0 Å². The van der Waals surface area contributed by atoms with Crippen LogP contribution in [0.4, 0.5) is 0 Å². The normalized spacial score (nSPS) is 17.3. The highest BCUT2D eigenvalue weighted by atomic mass is 14.9. The summed E-state index contributed by atoms with van der Waals surface area (Å²) in [5, 5.41) is 6.44. The molecule has 0 aromatic carbocycles. The van der Waals surface area contributed by atoms with Crippen molar-refractivity contribution in [3.63, 3.8) is 0 Å². The van der Waals surface area contributed by atoms with Gasteiger partial charge >= 0.3 is 0 Å². The van der Waals surface area contributed by atoms with Gasteiger partial charge in [-0.2, -0.15) is 0 Å². The number of nitrogens with one attached hydrogen (secondary N) is 2. The van der Waals surface area contributed by atoms with Gasteiger partial charge in [0.25, 0.3) is 0 Å². The van der Waals surface area contributed by atoms with E-state index in [1.165, 1.54) is 16.7 Å². The number of aliphatic imine (C=N–C) groups is 1. The van der Waals surface area contributed by atoms with Crippen LogP contribution >= 0.6 is 0 Å². The molecule has 0 aromatic heterocycles. The smallest absolute Gasteiger partial charge is 0.0646 e. The highest BCUT2D eigenvalue weighted by Gasteiger charge is 2.12. The molecule has 0 amide bonds. The Labute approximate surface area is 106 Å². The topological polar surface area (TPSA) is 36.4 Å². The van der Waals surface area contributed by atoms with Crippen molar-refractivity contribution in [1.82, 2.24) is 10.6 Å². The van der Waals surface area contributed by atoms with E-state index in [0.717, 1.165) is 11.4 Å². The highest BCUT2D eigenvalue weighted by molar-refractivity contribution is 6.12. The Bertz CT molecular complexity index is 348. The Kier molecular flexibility index (Phi) is 6.81. The minimum atomic E-state index is 0.370. The van der Waals surface area contributed by atoms with E-state index in [9.17, 15) is 0 Å². The van der Waals surface area contributed by atoms with E-state index >= 15 is 0 Å². The lowest BCUT2D eigenvalue weighted by atomic mass is 9.96. The summed E-state index contributed by atoms with van der Waals surface area (Å²) in [5.74, 6) is 0. The van der Waals surface area contributed by atoms with Gasteiger partial charge in [0.05, 0.1) is 5.71 Å². The number of allylic oxidation sites excluding steroid dienone is 3. The average molecular weight is 237 g/mol. The SMILES string of the molecule is CN=C(C(C)=C(C)NC)/C(C)=C(\C)C(C)NC. The zero-order valence-corrected chi connectivity index (χ0v) is 12.5. The second-order valence-corrected chi connectivity index (χ2v) is 4.39. The lowest BCUT2D eigenvalue weighted by Crippen LogP contribution is -2.25. The first-order valence-corrected chi connectivity index (χ1v) is 6.08. The van der Waals surface area contributed by atoms with Gasteiger partial charge < -0.3 is 10.6 Å². The van der Waals surface area contributed by atoms with Crippen LogP contribution in [-0.2, 0) is 0 Å². The van der Waals surface area contributed by atoms with E-state index in [0.29, 0.717) is 6.04 Å². The summed E-state index contributed by atoms with van der Waals surface area (Å²) in [5.41, 5.74) is 6.03. The molecule has 0 aliphatic rings. The fourth-order valence-corrected chi connectivity index (χ4v) is 1.71. The van der Waals surface area contributed by atoms with Gasteiger partial charge in [-0.25, -0.2) is 0 Å². The molecule has 0 aliphatic heterocycles. The minimum Gasteiger partial charge on any atom is -0.391 e. The molecule has 0 bridgehead atoms. The predicted molar refractivity (Wildman–Crippen MR) is 77.7 cm³/mol. The van der Waals surface area contributed by atoms with Gasteiger partial charge in [0.2, 0.25) is 0 Å². The molecule has 0 radical (unpaired) electrons. The van der Waals surface area contributed by atoms with Crippen molar-refractivity contribution < 1.29 is 0 Å². The van der Waals surface area contributed by atoms with Crippen LogP contribution in [0.5, 0.6) is 0 Å². The number of hydrogen-bond donors (Lipinski definition) is 2. The molecule has 0 rings (SSSR count). The van der Waals surface area contributed by atoms with Gasteiger partial charge in [-0.1, -0.05) is 5.57 Å². The zero-order valence-electron chi connectivity index (χ0n) is 12.5. The Morgan fingerprint density at radius 2 is 1.53 bits per heavy atom. The summed E-state index contributed by atoms with van der Waals surface area (Å²) in [6, 6.07) is 0.370. The quantitative estimate of drug-likeness (QED) is 0.721. The molecule has 0 aliphatic carbocycles. The highest BCUT2D eigenvalue weighted by Crippen LogP contribution is 2.16. The minimum absolute atomic E-state index is 0.370. The first-order chi connectivity index (χ1) is 7.90. The van der Waals surface area contributed by atoms with Gasteiger partial charge in [0.15, 0.2) is 0 Å². The summed E-state index contributed by atoms with van der Waals surface area (Å²) in [7, 11) is 5.77. The summed E-state index contributed by atoms with van der Waals surface area (Å²) in [6.07, 6.45) is 0. The van der Waals surface area contributed by atoms with Crippen molar-refractivity contribution in [3.8, 4) is 0 Å². The van der Waals surface area contributed by atoms with Gasteiger partial charge in [0, 0.05) is 25.8 Å². The molecule has 0 aromatic rings. The van der Waals surface area contributed by atoms with Crippen LogP contribution in [0.3, 0.4) is 0 Å². The third-order valence-corrected chi connectivity index (χ3v) is 3.55. The van der Waals surface area contributed by atoms with E-state index in [1.807, 2.05) is 21.1 Å². The molecule has 1 atom stereocenters. The molecule has 0 saturated carbocycles. The van der Waals surface area contributed by atoms with Crippen LogP contribution in [0.25, 0.3) is 0 Å². The average Bonchev–Trinajstić information content (AvgIpc) is 2.36. The van der Waals surface area contributed by atoms with Crippen LogP contribution < -0.4 is 10.6 Å². The van der Waals surface area contributed by atoms with Gasteiger partial charge in [0.1, 0.15) is 0 Å². The van der Waals surface area contributed by atoms with E-state index < -0.39 is 0 Å². The molecular formula is C14H27N3. The van der Waals surface area contributed by atoms with Crippen LogP contribution in [0.2, 0.25) is 0 Å². The molecule has 0 saturated heterocycles. The summed E-state index contributed by atoms with van der Waals surface area (Å²) >= 11 is 0. The molecule has 0 spiro atoms. The molecule has 3 heteroatoms. The van der Waals surface area contributed by atoms with Gasteiger partial charge in [-0.05, 0) is 52.8 Å². The number of hydrogen-bond acceptors (Lipinski definition) is 3. The molecule has 98 valence electrons. The van der Waals surface area contributed by atoms with E-state index in [4.69, 9.17) is 0 Å². The summed E-state index contributed by atoms with van der Waals surface area (Å²) in [4.78, 5) is 4.43. The van der Waals surface area contributed by atoms with Gasteiger partial charge in [-0.3, -0.25) is 4.99 Å². The van der Waals surface area contributed by atoms with Crippen LogP contribution in [-0.4, -0.2) is 32.9 Å². The van der Waals surface area contributed by atoms with Gasteiger partial charge in [-0.15, -0.1) is 0 Å². The second kappa shape index (κ2) is 7.28. The maximum Gasteiger partial charge on any atom is 0.0646 e. The van der Waals surface area contributed by atoms with Crippen molar-refractivity contribution in [2.45, 2.75) is 40.7 Å². The van der Waals surface area contributed by atoms with Crippen molar-refractivity contribution in [2.24, 2.45) is 4.99 Å². The Morgan fingerprint density at radius 1 is 1.00 bits per heavy atom. The van der Waals surface area contributed by atoms with Crippen molar-refractivity contribution in [2.75, 3.05) is 21.1 Å². The molecular weight excluding hydrogens is 210 g/mol. The Hall–Kier alpha value is -1.09. The number of rotatable bonds is 5. The zero-order chi connectivity index (χ0) is 13.6. The fraction of sp³-hybridized carbons (Fsp3) is 0.643. The van der Waals surface area contributed by atoms with Crippen LogP contribution in [0.1, 0.15) is 34.6 Å². The Balaban J connectivity index is 5.46. The molecule has 0 fully saturated rings.